The smallest absolute Gasteiger partial charge is 0.243 e. The first-order valence-electron chi connectivity index (χ1n) is 12.0. The van der Waals surface area contributed by atoms with E-state index in [1.165, 1.54) is 4.31 Å². The number of benzene rings is 3. The highest BCUT2D eigenvalue weighted by molar-refractivity contribution is 7.89. The van der Waals surface area contributed by atoms with Gasteiger partial charge in [-0.1, -0.05) is 56.3 Å². The SMILES string of the molecule is CCN(CC)S(=O)(=O)c1ccc(-c2cccc(CC(=O)C3(c4ccc5c(c4)OCO5)CC3)c2)cc1. The van der Waals surface area contributed by atoms with Crippen molar-refractivity contribution in [3.63, 3.8) is 0 Å². The standard InChI is InChI=1S/C28H29NO5S/c1-3-29(4-2)35(31,32)24-11-8-21(9-12-24)22-7-5-6-20(16-22)17-27(30)28(14-15-28)23-10-13-25-26(18-23)34-19-33-25/h5-13,16,18H,3-4,14-15,17,19H2,1-2H3. The van der Waals surface area contributed by atoms with Crippen molar-refractivity contribution in [1.29, 1.82) is 0 Å². The average molecular weight is 492 g/mol. The Hall–Kier alpha value is -3.16. The Morgan fingerprint density at radius 1 is 0.886 bits per heavy atom. The molecule has 0 bridgehead atoms. The molecule has 35 heavy (non-hydrogen) atoms. The van der Waals surface area contributed by atoms with Crippen LogP contribution in [0.3, 0.4) is 0 Å². The van der Waals surface area contributed by atoms with Gasteiger partial charge >= 0.3 is 0 Å². The van der Waals surface area contributed by atoms with Crippen molar-refractivity contribution in [2.45, 2.75) is 43.4 Å². The summed E-state index contributed by atoms with van der Waals surface area (Å²) in [6.45, 7) is 4.75. The molecule has 7 heteroatoms. The van der Waals surface area contributed by atoms with Gasteiger partial charge in [0, 0.05) is 19.5 Å². The number of fused-ring (bicyclic) bond motifs is 1. The van der Waals surface area contributed by atoms with Gasteiger partial charge in [-0.3, -0.25) is 4.79 Å². The molecule has 5 rings (SSSR count). The summed E-state index contributed by atoms with van der Waals surface area (Å²) in [5.74, 6) is 1.63. The Kier molecular flexibility index (Phi) is 6.15. The fourth-order valence-electron chi connectivity index (χ4n) is 4.80. The lowest BCUT2D eigenvalue weighted by molar-refractivity contribution is -0.120. The third kappa shape index (κ3) is 4.34. The molecule has 0 amide bonds. The first-order chi connectivity index (χ1) is 16.9. The molecule has 1 fully saturated rings. The van der Waals surface area contributed by atoms with E-state index in [0.717, 1.165) is 40.8 Å². The minimum absolute atomic E-state index is 0.203. The summed E-state index contributed by atoms with van der Waals surface area (Å²) in [6.07, 6.45) is 2.03. The Balaban J connectivity index is 1.34. The van der Waals surface area contributed by atoms with Crippen LogP contribution in [0.1, 0.15) is 37.8 Å². The molecule has 3 aromatic rings. The molecule has 0 radical (unpaired) electrons. The zero-order valence-corrected chi connectivity index (χ0v) is 20.8. The molecule has 0 N–H and O–H groups in total. The van der Waals surface area contributed by atoms with E-state index in [-0.39, 0.29) is 17.5 Å². The predicted octanol–water partition coefficient (Wildman–Crippen LogP) is 4.96. The lowest BCUT2D eigenvalue weighted by atomic mass is 9.87. The van der Waals surface area contributed by atoms with E-state index >= 15 is 0 Å². The highest BCUT2D eigenvalue weighted by Gasteiger charge is 2.50. The fraction of sp³-hybridized carbons (Fsp3) is 0.321. The zero-order valence-electron chi connectivity index (χ0n) is 20.0. The van der Waals surface area contributed by atoms with E-state index < -0.39 is 15.4 Å². The first-order valence-corrected chi connectivity index (χ1v) is 13.4. The Morgan fingerprint density at radius 3 is 2.29 bits per heavy atom. The van der Waals surface area contributed by atoms with Crippen molar-refractivity contribution in [2.24, 2.45) is 0 Å². The molecular weight excluding hydrogens is 462 g/mol. The molecule has 0 saturated heterocycles. The molecule has 0 spiro atoms. The number of nitrogens with zero attached hydrogens (tertiary/aromatic N) is 1. The number of carbonyl (C=O) groups is 1. The van der Waals surface area contributed by atoms with Crippen molar-refractivity contribution in [1.82, 2.24) is 4.31 Å². The summed E-state index contributed by atoms with van der Waals surface area (Å²) < 4.78 is 37.9. The van der Waals surface area contributed by atoms with Crippen LogP contribution in [0.2, 0.25) is 0 Å². The fourth-order valence-corrected chi connectivity index (χ4v) is 6.25. The average Bonchev–Trinajstić information content (AvgIpc) is 3.55. The maximum Gasteiger partial charge on any atom is 0.243 e. The van der Waals surface area contributed by atoms with Crippen LogP contribution in [0.15, 0.2) is 71.6 Å². The third-order valence-electron chi connectivity index (χ3n) is 7.03. The molecule has 182 valence electrons. The molecular formula is C28H29NO5S. The number of ether oxygens (including phenoxy) is 2. The first kappa shape index (κ1) is 23.6. The third-order valence-corrected chi connectivity index (χ3v) is 9.10. The van der Waals surface area contributed by atoms with Gasteiger partial charge in [-0.2, -0.15) is 4.31 Å². The van der Waals surface area contributed by atoms with Crippen LogP contribution in [-0.4, -0.2) is 38.4 Å². The molecule has 1 aliphatic heterocycles. The molecule has 3 aromatic carbocycles. The number of hydrogen-bond donors (Lipinski definition) is 0. The van der Waals surface area contributed by atoms with E-state index in [2.05, 4.69) is 0 Å². The van der Waals surface area contributed by atoms with E-state index in [1.54, 1.807) is 12.1 Å². The summed E-state index contributed by atoms with van der Waals surface area (Å²) in [7, 11) is -3.49. The zero-order chi connectivity index (χ0) is 24.6. The molecule has 0 atom stereocenters. The van der Waals surface area contributed by atoms with Gasteiger partial charge in [0.25, 0.3) is 0 Å². The monoisotopic (exact) mass is 491 g/mol. The van der Waals surface area contributed by atoms with Gasteiger partial charge in [0.2, 0.25) is 16.8 Å². The normalized spacial score (nSPS) is 15.9. The summed E-state index contributed by atoms with van der Waals surface area (Å²) >= 11 is 0. The van der Waals surface area contributed by atoms with Crippen molar-refractivity contribution < 1.29 is 22.7 Å². The topological polar surface area (TPSA) is 72.9 Å². The molecule has 1 aliphatic carbocycles. The summed E-state index contributed by atoms with van der Waals surface area (Å²) in [5, 5.41) is 0. The highest BCUT2D eigenvalue weighted by Crippen LogP contribution is 2.51. The van der Waals surface area contributed by atoms with Gasteiger partial charge in [0.05, 0.1) is 10.3 Å². The second kappa shape index (κ2) is 9.13. The number of carbonyl (C=O) groups excluding carboxylic acids is 1. The quantitative estimate of drug-likeness (QED) is 0.423. The van der Waals surface area contributed by atoms with Crippen LogP contribution >= 0.6 is 0 Å². The van der Waals surface area contributed by atoms with Crippen LogP contribution in [0.4, 0.5) is 0 Å². The lowest BCUT2D eigenvalue weighted by Gasteiger charge is -2.18. The largest absolute Gasteiger partial charge is 0.454 e. The van der Waals surface area contributed by atoms with Crippen molar-refractivity contribution in [3.8, 4) is 22.6 Å². The minimum atomic E-state index is -3.49. The van der Waals surface area contributed by atoms with Gasteiger partial charge in [-0.15, -0.1) is 0 Å². The Bertz CT molecular complexity index is 1360. The van der Waals surface area contributed by atoms with Gasteiger partial charge < -0.3 is 9.47 Å². The maximum absolute atomic E-state index is 13.4. The molecule has 1 saturated carbocycles. The van der Waals surface area contributed by atoms with Crippen molar-refractivity contribution in [2.75, 3.05) is 19.9 Å². The van der Waals surface area contributed by atoms with E-state index in [0.29, 0.717) is 25.3 Å². The summed E-state index contributed by atoms with van der Waals surface area (Å²) in [5.41, 5.74) is 3.36. The number of Topliss-reactive ketones (excluding diaryl/α,β-unsaturated/α-hetero) is 1. The molecule has 0 aromatic heterocycles. The molecule has 0 unspecified atom stereocenters. The van der Waals surface area contributed by atoms with Crippen LogP contribution in [-0.2, 0) is 26.7 Å². The second-order valence-electron chi connectivity index (χ2n) is 9.06. The van der Waals surface area contributed by atoms with Crippen molar-refractivity contribution in [3.05, 3.63) is 77.9 Å². The van der Waals surface area contributed by atoms with Crippen LogP contribution in [0, 0.1) is 0 Å². The molecule has 1 heterocycles. The maximum atomic E-state index is 13.4. The number of hydrogen-bond acceptors (Lipinski definition) is 5. The Morgan fingerprint density at radius 2 is 1.60 bits per heavy atom. The molecule has 2 aliphatic rings. The number of rotatable bonds is 9. The van der Waals surface area contributed by atoms with E-state index in [1.807, 2.05) is 68.4 Å². The van der Waals surface area contributed by atoms with Crippen LogP contribution < -0.4 is 9.47 Å². The van der Waals surface area contributed by atoms with E-state index in [4.69, 9.17) is 9.47 Å². The van der Waals surface area contributed by atoms with Gasteiger partial charge in [-0.25, -0.2) is 8.42 Å². The number of sulfonamides is 1. The van der Waals surface area contributed by atoms with E-state index in [9.17, 15) is 13.2 Å². The van der Waals surface area contributed by atoms with Crippen molar-refractivity contribution >= 4 is 15.8 Å². The highest BCUT2D eigenvalue weighted by atomic mass is 32.2. The predicted molar refractivity (Wildman–Crippen MR) is 134 cm³/mol. The van der Waals surface area contributed by atoms with Gasteiger partial charge in [-0.05, 0) is 59.4 Å². The summed E-state index contributed by atoms with van der Waals surface area (Å²) in [6, 6.07) is 20.7. The molecule has 6 nitrogen and oxygen atoms in total. The minimum Gasteiger partial charge on any atom is -0.454 e. The van der Waals surface area contributed by atoms with Gasteiger partial charge in [0.1, 0.15) is 5.78 Å². The Labute approximate surface area is 206 Å². The second-order valence-corrected chi connectivity index (χ2v) is 11.0. The van der Waals surface area contributed by atoms with Crippen LogP contribution in [0.25, 0.3) is 11.1 Å². The lowest BCUT2D eigenvalue weighted by Crippen LogP contribution is -2.30. The summed E-state index contributed by atoms with van der Waals surface area (Å²) in [4.78, 5) is 13.7. The van der Waals surface area contributed by atoms with Crippen LogP contribution in [0.5, 0.6) is 11.5 Å². The van der Waals surface area contributed by atoms with Gasteiger partial charge in [0.15, 0.2) is 11.5 Å². The number of ketones is 1.